The fourth-order valence-corrected chi connectivity index (χ4v) is 3.47. The molecule has 0 aliphatic carbocycles. The van der Waals surface area contributed by atoms with Gasteiger partial charge in [-0.15, -0.1) is 11.3 Å². The number of nitrogens with zero attached hydrogens (tertiary/aromatic N) is 2. The van der Waals surface area contributed by atoms with Gasteiger partial charge in [0.2, 0.25) is 0 Å². The molecular weight excluding hydrogens is 270 g/mol. The third-order valence-corrected chi connectivity index (χ3v) is 4.61. The van der Waals surface area contributed by atoms with Crippen molar-refractivity contribution < 1.29 is 4.79 Å². The molecule has 20 heavy (non-hydrogen) atoms. The highest BCUT2D eigenvalue weighted by atomic mass is 32.1. The summed E-state index contributed by atoms with van der Waals surface area (Å²) in [7, 11) is 4.14. The Balaban J connectivity index is 2.15. The minimum atomic E-state index is 0.0949. The second-order valence-corrected chi connectivity index (χ2v) is 6.30. The van der Waals surface area contributed by atoms with Crippen molar-refractivity contribution in [3.8, 4) is 11.8 Å². The van der Waals surface area contributed by atoms with Crippen molar-refractivity contribution in [3.63, 3.8) is 0 Å². The highest BCUT2D eigenvalue weighted by Crippen LogP contribution is 2.25. The molecule has 1 fully saturated rings. The van der Waals surface area contributed by atoms with Gasteiger partial charge in [0.05, 0.1) is 6.54 Å². The first kappa shape index (κ1) is 15.0. The molecule has 5 heteroatoms. The van der Waals surface area contributed by atoms with Crippen molar-refractivity contribution in [3.05, 3.63) is 21.9 Å². The van der Waals surface area contributed by atoms with E-state index in [0.717, 1.165) is 23.5 Å². The number of hydrogen-bond acceptors (Lipinski definition) is 4. The SMILES string of the molecule is CC1CN(C(=O)c2sccc2C#CCN)CC1N(C)C. The van der Waals surface area contributed by atoms with E-state index < -0.39 is 0 Å². The van der Waals surface area contributed by atoms with Crippen molar-refractivity contribution in [2.24, 2.45) is 11.7 Å². The number of amides is 1. The van der Waals surface area contributed by atoms with Crippen molar-refractivity contribution in [1.82, 2.24) is 9.80 Å². The quantitative estimate of drug-likeness (QED) is 0.830. The fraction of sp³-hybridized carbons (Fsp3) is 0.533. The van der Waals surface area contributed by atoms with Gasteiger partial charge in [0.15, 0.2) is 0 Å². The van der Waals surface area contributed by atoms with Gasteiger partial charge in [-0.2, -0.15) is 0 Å². The minimum Gasteiger partial charge on any atom is -0.336 e. The van der Waals surface area contributed by atoms with Crippen LogP contribution in [0.1, 0.15) is 22.2 Å². The summed E-state index contributed by atoms with van der Waals surface area (Å²) in [5.41, 5.74) is 6.19. The third kappa shape index (κ3) is 3.04. The second kappa shape index (κ2) is 6.40. The maximum Gasteiger partial charge on any atom is 0.265 e. The topological polar surface area (TPSA) is 49.6 Å². The molecule has 0 radical (unpaired) electrons. The second-order valence-electron chi connectivity index (χ2n) is 5.39. The van der Waals surface area contributed by atoms with Crippen LogP contribution < -0.4 is 5.73 Å². The molecule has 1 amide bonds. The lowest BCUT2D eigenvalue weighted by Gasteiger charge is -2.22. The van der Waals surface area contributed by atoms with Gasteiger partial charge in [0.1, 0.15) is 4.88 Å². The lowest BCUT2D eigenvalue weighted by atomic mass is 10.1. The number of nitrogens with two attached hydrogens (primary N) is 1. The Labute approximate surface area is 124 Å². The highest BCUT2D eigenvalue weighted by Gasteiger charge is 2.34. The first-order chi connectivity index (χ1) is 9.54. The van der Waals surface area contributed by atoms with E-state index >= 15 is 0 Å². The molecule has 0 aromatic carbocycles. The molecule has 2 N–H and O–H groups in total. The van der Waals surface area contributed by atoms with Crippen LogP contribution in [0.25, 0.3) is 0 Å². The number of carbonyl (C=O) groups excluding carboxylic acids is 1. The van der Waals surface area contributed by atoms with Crippen LogP contribution in [-0.2, 0) is 0 Å². The van der Waals surface area contributed by atoms with Gasteiger partial charge in [-0.1, -0.05) is 18.8 Å². The lowest BCUT2D eigenvalue weighted by Crippen LogP contribution is -2.35. The van der Waals surface area contributed by atoms with Crippen LogP contribution in [0.4, 0.5) is 0 Å². The Morgan fingerprint density at radius 3 is 2.90 bits per heavy atom. The molecule has 1 aliphatic heterocycles. The molecule has 1 saturated heterocycles. The predicted molar refractivity (Wildman–Crippen MR) is 82.8 cm³/mol. The number of thiophene rings is 1. The Hall–Kier alpha value is -1.35. The van der Waals surface area contributed by atoms with Gasteiger partial charge in [0.25, 0.3) is 5.91 Å². The van der Waals surface area contributed by atoms with Gasteiger partial charge in [-0.05, 0) is 31.5 Å². The van der Waals surface area contributed by atoms with E-state index in [1.54, 1.807) is 0 Å². The Morgan fingerprint density at radius 1 is 1.55 bits per heavy atom. The summed E-state index contributed by atoms with van der Waals surface area (Å²) in [4.78, 5) is 17.5. The number of likely N-dealkylation sites (tertiary alicyclic amines) is 1. The molecule has 2 rings (SSSR count). The summed E-state index contributed by atoms with van der Waals surface area (Å²) in [6.07, 6.45) is 0. The molecule has 0 spiro atoms. The normalized spacial score (nSPS) is 21.9. The zero-order chi connectivity index (χ0) is 14.7. The Kier molecular flexibility index (Phi) is 4.81. The Morgan fingerprint density at radius 2 is 2.30 bits per heavy atom. The zero-order valence-corrected chi connectivity index (χ0v) is 13.0. The van der Waals surface area contributed by atoms with E-state index in [4.69, 9.17) is 5.73 Å². The maximum absolute atomic E-state index is 12.6. The standard InChI is InChI=1S/C15H21N3OS/c1-11-9-18(10-13(11)17(2)3)15(19)14-12(5-4-7-16)6-8-20-14/h6,8,11,13H,7,9-10,16H2,1-3H3. The van der Waals surface area contributed by atoms with E-state index in [0.29, 0.717) is 18.5 Å². The average molecular weight is 291 g/mol. The molecular formula is C15H21N3OS. The number of likely N-dealkylation sites (N-methyl/N-ethyl adjacent to an activating group) is 1. The van der Waals surface area contributed by atoms with E-state index in [1.165, 1.54) is 11.3 Å². The Bertz CT molecular complexity index is 541. The maximum atomic E-state index is 12.6. The van der Waals surface area contributed by atoms with Crippen LogP contribution >= 0.6 is 11.3 Å². The van der Waals surface area contributed by atoms with Crippen LogP contribution in [0.15, 0.2) is 11.4 Å². The molecule has 2 unspecified atom stereocenters. The predicted octanol–water partition coefficient (Wildman–Crippen LogP) is 1.08. The van der Waals surface area contributed by atoms with E-state index in [-0.39, 0.29) is 5.91 Å². The molecule has 2 atom stereocenters. The van der Waals surface area contributed by atoms with Crippen LogP contribution in [0, 0.1) is 17.8 Å². The summed E-state index contributed by atoms with van der Waals surface area (Å²) in [6.45, 7) is 4.10. The van der Waals surface area contributed by atoms with Crippen LogP contribution in [-0.4, -0.2) is 55.5 Å². The van der Waals surface area contributed by atoms with Crippen molar-refractivity contribution in [1.29, 1.82) is 0 Å². The lowest BCUT2D eigenvalue weighted by molar-refractivity contribution is 0.0786. The van der Waals surface area contributed by atoms with Crippen molar-refractivity contribution >= 4 is 17.2 Å². The van der Waals surface area contributed by atoms with Crippen molar-refractivity contribution in [2.75, 3.05) is 33.7 Å². The monoisotopic (exact) mass is 291 g/mol. The van der Waals surface area contributed by atoms with E-state index in [9.17, 15) is 4.79 Å². The zero-order valence-electron chi connectivity index (χ0n) is 12.2. The molecule has 1 aromatic rings. The van der Waals surface area contributed by atoms with Crippen LogP contribution in [0.5, 0.6) is 0 Å². The molecule has 0 bridgehead atoms. The first-order valence-corrected chi connectivity index (χ1v) is 7.64. The molecule has 1 aliphatic rings. The number of hydrogen-bond donors (Lipinski definition) is 1. The van der Waals surface area contributed by atoms with Crippen LogP contribution in [0.3, 0.4) is 0 Å². The molecule has 0 saturated carbocycles. The summed E-state index contributed by atoms with van der Waals surface area (Å²) in [5.74, 6) is 6.39. The van der Waals surface area contributed by atoms with Gasteiger partial charge in [-0.3, -0.25) is 4.79 Å². The van der Waals surface area contributed by atoms with E-state index in [2.05, 4.69) is 37.8 Å². The van der Waals surface area contributed by atoms with Gasteiger partial charge in [-0.25, -0.2) is 0 Å². The van der Waals surface area contributed by atoms with Crippen molar-refractivity contribution in [2.45, 2.75) is 13.0 Å². The molecule has 4 nitrogen and oxygen atoms in total. The summed E-state index contributed by atoms with van der Waals surface area (Å²) >= 11 is 1.46. The summed E-state index contributed by atoms with van der Waals surface area (Å²) in [6, 6.07) is 2.32. The average Bonchev–Trinajstić information content (AvgIpc) is 3.01. The molecule has 1 aromatic heterocycles. The van der Waals surface area contributed by atoms with Gasteiger partial charge < -0.3 is 15.5 Å². The minimum absolute atomic E-state index is 0.0949. The summed E-state index contributed by atoms with van der Waals surface area (Å²) in [5, 5.41) is 1.91. The third-order valence-electron chi connectivity index (χ3n) is 3.71. The smallest absolute Gasteiger partial charge is 0.265 e. The highest BCUT2D eigenvalue weighted by molar-refractivity contribution is 7.12. The van der Waals surface area contributed by atoms with Gasteiger partial charge in [0, 0.05) is 24.7 Å². The fourth-order valence-electron chi connectivity index (χ4n) is 2.65. The number of carbonyl (C=O) groups is 1. The van der Waals surface area contributed by atoms with E-state index in [1.807, 2.05) is 16.3 Å². The molecule has 108 valence electrons. The van der Waals surface area contributed by atoms with Crippen LogP contribution in [0.2, 0.25) is 0 Å². The number of rotatable bonds is 2. The largest absolute Gasteiger partial charge is 0.336 e. The first-order valence-electron chi connectivity index (χ1n) is 6.76. The molecule has 2 heterocycles. The van der Waals surface area contributed by atoms with Gasteiger partial charge >= 0.3 is 0 Å². The summed E-state index contributed by atoms with van der Waals surface area (Å²) < 4.78 is 0.